The summed E-state index contributed by atoms with van der Waals surface area (Å²) in [4.78, 5) is 11.1. The van der Waals surface area contributed by atoms with Crippen LogP contribution >= 0.6 is 12.2 Å². The van der Waals surface area contributed by atoms with E-state index in [1.807, 2.05) is 0 Å². The highest BCUT2D eigenvalue weighted by Crippen LogP contribution is 2.30. The van der Waals surface area contributed by atoms with Crippen molar-refractivity contribution in [1.82, 2.24) is 5.43 Å². The van der Waals surface area contributed by atoms with Crippen LogP contribution in [0.15, 0.2) is 70.2 Å². The number of hydrogen-bond acceptors (Lipinski definition) is 4. The van der Waals surface area contributed by atoms with Gasteiger partial charge in [-0.2, -0.15) is 18.3 Å². The fourth-order valence-corrected chi connectivity index (χ4v) is 2.64. The first-order valence-corrected chi connectivity index (χ1v) is 8.84. The average Bonchev–Trinajstić information content (AvgIpc) is 3.16. The number of carbonyl (C=O) groups is 1. The Morgan fingerprint density at radius 1 is 1.10 bits per heavy atom. The van der Waals surface area contributed by atoms with Crippen LogP contribution in [0.5, 0.6) is 0 Å². The topological polar surface area (TPSA) is 86.9 Å². The molecular formula is C20H14F3N3O3S. The first kappa shape index (κ1) is 21.1. The Labute approximate surface area is 174 Å². The highest BCUT2D eigenvalue weighted by atomic mass is 32.1. The number of aromatic carboxylic acids is 1. The molecular weight excluding hydrogens is 419 g/mol. The van der Waals surface area contributed by atoms with Gasteiger partial charge in [-0.3, -0.25) is 5.43 Å². The molecule has 0 aliphatic heterocycles. The van der Waals surface area contributed by atoms with E-state index in [1.54, 1.807) is 24.3 Å². The van der Waals surface area contributed by atoms with Crippen molar-refractivity contribution in [2.75, 3.05) is 5.32 Å². The molecule has 1 heterocycles. The van der Waals surface area contributed by atoms with Crippen molar-refractivity contribution in [3.8, 4) is 11.3 Å². The number of furan rings is 1. The van der Waals surface area contributed by atoms with E-state index < -0.39 is 17.7 Å². The Balaban J connectivity index is 1.60. The van der Waals surface area contributed by atoms with Crippen molar-refractivity contribution in [2.24, 2.45) is 5.10 Å². The molecule has 0 fully saturated rings. The minimum atomic E-state index is -4.45. The van der Waals surface area contributed by atoms with Crippen LogP contribution in [0.3, 0.4) is 0 Å². The number of hydrogen-bond donors (Lipinski definition) is 3. The van der Waals surface area contributed by atoms with Gasteiger partial charge in [-0.15, -0.1) is 0 Å². The quantitative estimate of drug-likeness (QED) is 0.299. The molecule has 0 radical (unpaired) electrons. The van der Waals surface area contributed by atoms with Gasteiger partial charge in [0.2, 0.25) is 0 Å². The van der Waals surface area contributed by atoms with E-state index in [2.05, 4.69) is 15.8 Å². The number of halogens is 3. The van der Waals surface area contributed by atoms with Gasteiger partial charge in [0.15, 0.2) is 5.11 Å². The maximum atomic E-state index is 12.7. The fourth-order valence-electron chi connectivity index (χ4n) is 2.47. The van der Waals surface area contributed by atoms with Gasteiger partial charge in [-0.1, -0.05) is 18.2 Å². The zero-order valence-electron chi connectivity index (χ0n) is 15.1. The number of hydrazone groups is 1. The van der Waals surface area contributed by atoms with Crippen LogP contribution in [0.2, 0.25) is 0 Å². The number of benzene rings is 2. The normalized spacial score (nSPS) is 11.4. The van der Waals surface area contributed by atoms with Crippen molar-refractivity contribution < 1.29 is 27.5 Å². The van der Waals surface area contributed by atoms with Crippen molar-refractivity contribution >= 4 is 35.2 Å². The molecule has 0 aliphatic rings. The van der Waals surface area contributed by atoms with Crippen LogP contribution in [0.1, 0.15) is 21.7 Å². The molecule has 0 atom stereocenters. The van der Waals surface area contributed by atoms with Gasteiger partial charge in [-0.25, -0.2) is 4.79 Å². The van der Waals surface area contributed by atoms with Gasteiger partial charge in [0, 0.05) is 11.3 Å². The summed E-state index contributed by atoms with van der Waals surface area (Å²) in [7, 11) is 0. The molecule has 0 saturated carbocycles. The third-order valence-corrected chi connectivity index (χ3v) is 4.02. The first-order chi connectivity index (χ1) is 14.2. The SMILES string of the molecule is O=C(O)c1cccc(-c2ccc(/C=N/NC(=S)Nc3cccc(C(F)(F)F)c3)o2)c1. The Hall–Kier alpha value is -3.66. The number of carboxylic acid groups (broad SMARTS) is 1. The molecule has 0 amide bonds. The predicted molar refractivity (Wildman–Crippen MR) is 109 cm³/mol. The molecule has 1 aromatic heterocycles. The zero-order chi connectivity index (χ0) is 21.7. The minimum Gasteiger partial charge on any atom is -0.478 e. The summed E-state index contributed by atoms with van der Waals surface area (Å²) < 4.78 is 43.8. The zero-order valence-corrected chi connectivity index (χ0v) is 15.9. The lowest BCUT2D eigenvalue weighted by molar-refractivity contribution is -0.137. The van der Waals surface area contributed by atoms with E-state index in [0.717, 1.165) is 12.1 Å². The van der Waals surface area contributed by atoms with E-state index in [-0.39, 0.29) is 16.4 Å². The summed E-state index contributed by atoms with van der Waals surface area (Å²) in [5, 5.41) is 15.5. The van der Waals surface area contributed by atoms with Crippen molar-refractivity contribution in [3.05, 3.63) is 77.6 Å². The second-order valence-corrected chi connectivity index (χ2v) is 6.40. The number of nitrogens with one attached hydrogen (secondary N) is 2. The Morgan fingerprint density at radius 3 is 2.60 bits per heavy atom. The molecule has 6 nitrogen and oxygen atoms in total. The highest BCUT2D eigenvalue weighted by molar-refractivity contribution is 7.80. The minimum absolute atomic E-state index is 0.00786. The summed E-state index contributed by atoms with van der Waals surface area (Å²) in [6.07, 6.45) is -3.13. The number of anilines is 1. The number of alkyl halides is 3. The van der Waals surface area contributed by atoms with Gasteiger partial charge in [0.25, 0.3) is 0 Å². The summed E-state index contributed by atoms with van der Waals surface area (Å²) in [5.74, 6) is -0.236. The Morgan fingerprint density at radius 2 is 1.87 bits per heavy atom. The van der Waals surface area contributed by atoms with Crippen molar-refractivity contribution in [1.29, 1.82) is 0 Å². The van der Waals surface area contributed by atoms with Crippen LogP contribution in [0.25, 0.3) is 11.3 Å². The number of carboxylic acids is 1. The third kappa shape index (κ3) is 5.45. The monoisotopic (exact) mass is 433 g/mol. The van der Waals surface area contributed by atoms with E-state index in [1.165, 1.54) is 30.5 Å². The van der Waals surface area contributed by atoms with Crippen LogP contribution < -0.4 is 10.7 Å². The summed E-state index contributed by atoms with van der Waals surface area (Å²) in [5.41, 5.74) is 2.57. The molecule has 0 unspecified atom stereocenters. The lowest BCUT2D eigenvalue weighted by atomic mass is 10.1. The molecule has 0 aliphatic carbocycles. The Bertz CT molecular complexity index is 1110. The van der Waals surface area contributed by atoms with E-state index in [4.69, 9.17) is 21.7 Å². The molecule has 3 aromatic rings. The summed E-state index contributed by atoms with van der Waals surface area (Å²) in [6, 6.07) is 14.1. The third-order valence-electron chi connectivity index (χ3n) is 3.83. The summed E-state index contributed by atoms with van der Waals surface area (Å²) in [6.45, 7) is 0. The predicted octanol–water partition coefficient (Wildman–Crippen LogP) is 4.98. The second kappa shape index (κ2) is 8.78. The van der Waals surface area contributed by atoms with Crippen molar-refractivity contribution in [2.45, 2.75) is 6.18 Å². The lowest BCUT2D eigenvalue weighted by Gasteiger charge is -2.10. The van der Waals surface area contributed by atoms with Crippen LogP contribution in [-0.2, 0) is 6.18 Å². The molecule has 10 heteroatoms. The van der Waals surface area contributed by atoms with Crippen LogP contribution in [0, 0.1) is 0 Å². The van der Waals surface area contributed by atoms with Gasteiger partial charge in [0.1, 0.15) is 11.5 Å². The number of rotatable bonds is 5. The smallest absolute Gasteiger partial charge is 0.416 e. The van der Waals surface area contributed by atoms with E-state index >= 15 is 0 Å². The molecule has 3 N–H and O–H groups in total. The molecule has 154 valence electrons. The van der Waals surface area contributed by atoms with Crippen LogP contribution in [-0.4, -0.2) is 22.4 Å². The number of thiocarbonyl (C=S) groups is 1. The molecule has 0 spiro atoms. The van der Waals surface area contributed by atoms with Gasteiger partial charge in [0.05, 0.1) is 17.3 Å². The van der Waals surface area contributed by atoms with Gasteiger partial charge in [-0.05, 0) is 54.7 Å². The van der Waals surface area contributed by atoms with Crippen LogP contribution in [0.4, 0.5) is 18.9 Å². The van der Waals surface area contributed by atoms with E-state index in [0.29, 0.717) is 17.1 Å². The second-order valence-electron chi connectivity index (χ2n) is 5.99. The maximum absolute atomic E-state index is 12.7. The van der Waals surface area contributed by atoms with E-state index in [9.17, 15) is 18.0 Å². The van der Waals surface area contributed by atoms with Gasteiger partial charge >= 0.3 is 12.1 Å². The standard InChI is InChI=1S/C20H14F3N3O3S/c21-20(22,23)14-5-2-6-15(10-14)25-19(30)26-24-11-16-7-8-17(29-16)12-3-1-4-13(9-12)18(27)28/h1-11H,(H,27,28)(H2,25,26,30)/b24-11+. The maximum Gasteiger partial charge on any atom is 0.416 e. The molecule has 3 rings (SSSR count). The van der Waals surface area contributed by atoms with Gasteiger partial charge < -0.3 is 14.8 Å². The molecule has 30 heavy (non-hydrogen) atoms. The highest BCUT2D eigenvalue weighted by Gasteiger charge is 2.30. The average molecular weight is 433 g/mol. The molecule has 0 bridgehead atoms. The number of nitrogens with zero attached hydrogens (tertiary/aromatic N) is 1. The summed E-state index contributed by atoms with van der Waals surface area (Å²) >= 11 is 5.01. The Kier molecular flexibility index (Phi) is 6.17. The molecule has 0 saturated heterocycles. The molecule has 2 aromatic carbocycles. The first-order valence-electron chi connectivity index (χ1n) is 8.43. The van der Waals surface area contributed by atoms with Crippen molar-refractivity contribution in [3.63, 3.8) is 0 Å². The largest absolute Gasteiger partial charge is 0.478 e. The fraction of sp³-hybridized carbons (Fsp3) is 0.0500. The lowest BCUT2D eigenvalue weighted by Crippen LogP contribution is -2.24.